The van der Waals surface area contributed by atoms with Crippen molar-refractivity contribution in [2.75, 3.05) is 13.2 Å². The molecule has 0 radical (unpaired) electrons. The number of unbranched alkanes of at least 4 members (excludes halogenated alkanes) is 1. The molecule has 1 unspecified atom stereocenters. The first kappa shape index (κ1) is 17.7. The van der Waals surface area contributed by atoms with Crippen molar-refractivity contribution < 1.29 is 4.74 Å². The van der Waals surface area contributed by atoms with Crippen molar-refractivity contribution in [1.82, 2.24) is 5.32 Å². The van der Waals surface area contributed by atoms with Gasteiger partial charge in [0.1, 0.15) is 0 Å². The maximum absolute atomic E-state index is 6.32. The summed E-state index contributed by atoms with van der Waals surface area (Å²) in [6.07, 6.45) is 11.8. The molecule has 0 spiro atoms. The Labute approximate surface area is 126 Å². The predicted molar refractivity (Wildman–Crippen MR) is 88.1 cm³/mol. The smallest absolute Gasteiger partial charge is 0.0834 e. The van der Waals surface area contributed by atoms with Crippen molar-refractivity contribution >= 4 is 0 Å². The molecule has 0 bridgehead atoms. The molecule has 2 nitrogen and oxygen atoms in total. The highest BCUT2D eigenvalue weighted by Gasteiger charge is 2.41. The van der Waals surface area contributed by atoms with Gasteiger partial charge in [-0.3, -0.25) is 0 Å². The highest BCUT2D eigenvalue weighted by molar-refractivity contribution is 4.96. The lowest BCUT2D eigenvalue weighted by Gasteiger charge is -2.45. The molecule has 0 aliphatic heterocycles. The van der Waals surface area contributed by atoms with Crippen LogP contribution in [0.2, 0.25) is 0 Å². The van der Waals surface area contributed by atoms with Crippen molar-refractivity contribution in [3.05, 3.63) is 12.7 Å². The maximum atomic E-state index is 6.32. The Bertz CT molecular complexity index is 256. The third-order valence-electron chi connectivity index (χ3n) is 4.73. The first-order chi connectivity index (χ1) is 9.68. The van der Waals surface area contributed by atoms with E-state index >= 15 is 0 Å². The van der Waals surface area contributed by atoms with Gasteiger partial charge in [-0.25, -0.2) is 0 Å². The zero-order chi connectivity index (χ0) is 14.8. The molecule has 1 N–H and O–H groups in total. The molecule has 118 valence electrons. The van der Waals surface area contributed by atoms with Gasteiger partial charge in [0.15, 0.2) is 0 Å². The Hall–Kier alpha value is -0.340. The fraction of sp³-hybridized carbons (Fsp3) is 0.889. The monoisotopic (exact) mass is 281 g/mol. The van der Waals surface area contributed by atoms with Crippen LogP contribution in [0.15, 0.2) is 12.7 Å². The number of hydrogen-bond acceptors (Lipinski definition) is 2. The van der Waals surface area contributed by atoms with E-state index in [1.807, 2.05) is 6.08 Å². The number of ether oxygens (including phenoxy) is 1. The zero-order valence-electron chi connectivity index (χ0n) is 13.9. The van der Waals surface area contributed by atoms with E-state index in [0.29, 0.717) is 6.04 Å². The largest absolute Gasteiger partial charge is 0.374 e. The lowest BCUT2D eigenvalue weighted by atomic mass is 9.74. The molecule has 0 aromatic rings. The molecule has 0 aromatic heterocycles. The van der Waals surface area contributed by atoms with Gasteiger partial charge in [-0.05, 0) is 70.8 Å². The van der Waals surface area contributed by atoms with Crippen LogP contribution in [0.1, 0.15) is 72.1 Å². The zero-order valence-corrected chi connectivity index (χ0v) is 13.9. The van der Waals surface area contributed by atoms with Crippen LogP contribution >= 0.6 is 0 Å². The van der Waals surface area contributed by atoms with Gasteiger partial charge in [0.2, 0.25) is 0 Å². The average molecular weight is 281 g/mol. The fourth-order valence-electron chi connectivity index (χ4n) is 3.47. The van der Waals surface area contributed by atoms with Crippen LogP contribution in [-0.4, -0.2) is 24.8 Å². The molecule has 1 atom stereocenters. The lowest BCUT2D eigenvalue weighted by molar-refractivity contribution is -0.0979. The van der Waals surface area contributed by atoms with E-state index in [2.05, 4.69) is 32.7 Å². The normalized spacial score (nSPS) is 28.2. The number of nitrogens with one attached hydrogen (secondary N) is 1. The van der Waals surface area contributed by atoms with Crippen LogP contribution in [-0.2, 0) is 4.74 Å². The van der Waals surface area contributed by atoms with Gasteiger partial charge in [0, 0.05) is 12.6 Å². The van der Waals surface area contributed by atoms with E-state index in [4.69, 9.17) is 4.74 Å². The van der Waals surface area contributed by atoms with Gasteiger partial charge in [0.25, 0.3) is 0 Å². The third-order valence-corrected chi connectivity index (χ3v) is 4.73. The SMILES string of the molecule is C=CCCCC(NCCC)C1(OCC)CCC(C)CC1. The minimum Gasteiger partial charge on any atom is -0.374 e. The minimum absolute atomic E-state index is 0.0810. The van der Waals surface area contributed by atoms with Crippen LogP contribution in [0.3, 0.4) is 0 Å². The Balaban J connectivity index is 2.71. The molecule has 0 aromatic carbocycles. The van der Waals surface area contributed by atoms with Gasteiger partial charge in [-0.2, -0.15) is 0 Å². The third kappa shape index (κ3) is 5.21. The molecule has 1 aliphatic carbocycles. The summed E-state index contributed by atoms with van der Waals surface area (Å²) < 4.78 is 6.32. The molecule has 1 aliphatic rings. The van der Waals surface area contributed by atoms with Gasteiger partial charge < -0.3 is 10.1 Å². The molecule has 1 saturated carbocycles. The van der Waals surface area contributed by atoms with E-state index in [0.717, 1.165) is 25.5 Å². The van der Waals surface area contributed by atoms with Gasteiger partial charge in [-0.1, -0.05) is 19.9 Å². The molecule has 0 heterocycles. The van der Waals surface area contributed by atoms with Crippen LogP contribution in [0, 0.1) is 5.92 Å². The predicted octanol–water partition coefficient (Wildman–Crippen LogP) is 4.70. The Morgan fingerprint density at radius 3 is 2.60 bits per heavy atom. The summed E-state index contributed by atoms with van der Waals surface area (Å²) in [4.78, 5) is 0. The summed E-state index contributed by atoms with van der Waals surface area (Å²) in [5.41, 5.74) is 0.0810. The van der Waals surface area contributed by atoms with Crippen LogP contribution in [0.4, 0.5) is 0 Å². The second-order valence-electron chi connectivity index (χ2n) is 6.41. The number of allylic oxidation sites excluding steroid dienone is 1. The first-order valence-electron chi connectivity index (χ1n) is 8.66. The minimum atomic E-state index is 0.0810. The van der Waals surface area contributed by atoms with Gasteiger partial charge >= 0.3 is 0 Å². The second-order valence-corrected chi connectivity index (χ2v) is 6.41. The summed E-state index contributed by atoms with van der Waals surface area (Å²) in [7, 11) is 0. The van der Waals surface area contributed by atoms with Crippen molar-refractivity contribution in [2.45, 2.75) is 83.8 Å². The Morgan fingerprint density at radius 1 is 1.35 bits per heavy atom. The van der Waals surface area contributed by atoms with Crippen LogP contribution < -0.4 is 5.32 Å². The molecule has 20 heavy (non-hydrogen) atoms. The van der Waals surface area contributed by atoms with E-state index in [1.54, 1.807) is 0 Å². The summed E-state index contributed by atoms with van der Waals surface area (Å²) >= 11 is 0. The maximum Gasteiger partial charge on any atom is 0.0834 e. The lowest BCUT2D eigenvalue weighted by Crippen LogP contribution is -2.54. The molecule has 0 amide bonds. The number of hydrogen-bond donors (Lipinski definition) is 1. The summed E-state index contributed by atoms with van der Waals surface area (Å²) in [6, 6.07) is 0.509. The van der Waals surface area contributed by atoms with E-state index in [9.17, 15) is 0 Å². The fourth-order valence-corrected chi connectivity index (χ4v) is 3.47. The quantitative estimate of drug-likeness (QED) is 0.463. The first-order valence-corrected chi connectivity index (χ1v) is 8.66. The van der Waals surface area contributed by atoms with Crippen molar-refractivity contribution in [1.29, 1.82) is 0 Å². The Morgan fingerprint density at radius 2 is 2.05 bits per heavy atom. The van der Waals surface area contributed by atoms with Gasteiger partial charge in [0.05, 0.1) is 5.60 Å². The Kier molecular flexibility index (Phi) is 8.47. The van der Waals surface area contributed by atoms with Crippen LogP contribution in [0.25, 0.3) is 0 Å². The molecule has 0 saturated heterocycles. The molecule has 2 heteroatoms. The summed E-state index contributed by atoms with van der Waals surface area (Å²) in [5.74, 6) is 0.864. The summed E-state index contributed by atoms with van der Waals surface area (Å²) in [5, 5.41) is 3.78. The van der Waals surface area contributed by atoms with Crippen molar-refractivity contribution in [3.8, 4) is 0 Å². The van der Waals surface area contributed by atoms with Gasteiger partial charge in [-0.15, -0.1) is 6.58 Å². The highest BCUT2D eigenvalue weighted by atomic mass is 16.5. The molecule has 1 fully saturated rings. The second kappa shape index (κ2) is 9.57. The summed E-state index contributed by atoms with van der Waals surface area (Å²) in [6.45, 7) is 12.5. The van der Waals surface area contributed by atoms with Crippen molar-refractivity contribution in [2.24, 2.45) is 5.92 Å². The molecular formula is C18H35NO. The molecule has 1 rings (SSSR count). The molecular weight excluding hydrogens is 246 g/mol. The van der Waals surface area contributed by atoms with Crippen LogP contribution in [0.5, 0.6) is 0 Å². The average Bonchev–Trinajstić information content (AvgIpc) is 2.46. The highest BCUT2D eigenvalue weighted by Crippen LogP contribution is 2.38. The van der Waals surface area contributed by atoms with E-state index < -0.39 is 0 Å². The standard InChI is InChI=1S/C18H35NO/c1-5-8-9-10-17(19-15-6-2)18(20-7-3)13-11-16(4)12-14-18/h5,16-17,19H,1,6-15H2,2-4H3. The van der Waals surface area contributed by atoms with Crippen molar-refractivity contribution in [3.63, 3.8) is 0 Å². The van der Waals surface area contributed by atoms with E-state index in [1.165, 1.54) is 44.9 Å². The number of rotatable bonds is 10. The topological polar surface area (TPSA) is 21.3 Å². The van der Waals surface area contributed by atoms with E-state index in [-0.39, 0.29) is 5.60 Å².